The lowest BCUT2D eigenvalue weighted by Crippen LogP contribution is -2.10. The zero-order chi connectivity index (χ0) is 22.7. The molecule has 1 aliphatic carbocycles. The minimum absolute atomic E-state index is 0.317. The number of fused-ring (bicyclic) bond motifs is 1. The van der Waals surface area contributed by atoms with Gasteiger partial charge < -0.3 is 10.1 Å². The smallest absolute Gasteiger partial charge is 0.341 e. The van der Waals surface area contributed by atoms with Gasteiger partial charge in [-0.05, 0) is 56.4 Å². The van der Waals surface area contributed by atoms with Crippen LogP contribution in [0.3, 0.4) is 0 Å². The zero-order valence-electron chi connectivity index (χ0n) is 17.2. The summed E-state index contributed by atoms with van der Waals surface area (Å²) in [5, 5.41) is 17.1. The van der Waals surface area contributed by atoms with Gasteiger partial charge in [0.2, 0.25) is 0 Å². The van der Waals surface area contributed by atoms with Crippen molar-refractivity contribution in [3.8, 4) is 17.3 Å². The van der Waals surface area contributed by atoms with E-state index in [-0.39, 0.29) is 5.97 Å². The van der Waals surface area contributed by atoms with E-state index in [1.54, 1.807) is 42.7 Å². The molecule has 3 aromatic rings. The molecule has 0 bridgehead atoms. The predicted octanol–water partition coefficient (Wildman–Crippen LogP) is 7.21. The topological polar surface area (TPSA) is 75.0 Å². The first-order chi connectivity index (χ1) is 15.5. The first kappa shape index (κ1) is 22.8. The highest BCUT2D eigenvalue weighted by molar-refractivity contribution is 7.16. The van der Waals surface area contributed by atoms with Gasteiger partial charge in [0.25, 0.3) is 0 Å². The third kappa shape index (κ3) is 4.69. The Morgan fingerprint density at radius 3 is 2.91 bits per heavy atom. The molecule has 0 aliphatic heterocycles. The molecule has 1 aliphatic rings. The highest BCUT2D eigenvalue weighted by Gasteiger charge is 2.26. The van der Waals surface area contributed by atoms with Crippen LogP contribution >= 0.6 is 45.9 Å². The number of anilines is 1. The number of esters is 1. The van der Waals surface area contributed by atoms with E-state index in [1.807, 2.05) is 5.38 Å². The van der Waals surface area contributed by atoms with E-state index < -0.39 is 0 Å². The molecule has 0 unspecified atom stereocenters. The van der Waals surface area contributed by atoms with Crippen LogP contribution in [-0.4, -0.2) is 17.6 Å². The van der Waals surface area contributed by atoms with Crippen molar-refractivity contribution in [2.75, 3.05) is 11.9 Å². The Labute approximate surface area is 204 Å². The number of allylic oxidation sites excluding steroid dienone is 1. The predicted molar refractivity (Wildman–Crippen MR) is 132 cm³/mol. The number of nitriles is 1. The number of carbonyl (C=O) groups is 1. The fraction of sp³-hybridized carbons (Fsp3) is 0.261. The van der Waals surface area contributed by atoms with Gasteiger partial charge in [-0.2, -0.15) is 5.26 Å². The van der Waals surface area contributed by atoms with Gasteiger partial charge in [0, 0.05) is 27.0 Å². The number of halogens is 2. The molecule has 0 amide bonds. The van der Waals surface area contributed by atoms with Gasteiger partial charge in [-0.25, -0.2) is 9.78 Å². The van der Waals surface area contributed by atoms with E-state index in [9.17, 15) is 10.1 Å². The van der Waals surface area contributed by atoms with Crippen molar-refractivity contribution in [1.82, 2.24) is 4.98 Å². The number of hydrogen-bond donors (Lipinski definition) is 1. The lowest BCUT2D eigenvalue weighted by Gasteiger charge is -2.12. The van der Waals surface area contributed by atoms with E-state index in [2.05, 4.69) is 16.4 Å². The van der Waals surface area contributed by atoms with Crippen LogP contribution in [-0.2, 0) is 17.6 Å². The van der Waals surface area contributed by atoms with Gasteiger partial charge in [0.15, 0.2) is 0 Å². The highest BCUT2D eigenvalue weighted by Crippen LogP contribution is 2.39. The van der Waals surface area contributed by atoms with Gasteiger partial charge >= 0.3 is 5.97 Å². The Bertz CT molecular complexity index is 1240. The number of rotatable bonds is 6. The van der Waals surface area contributed by atoms with E-state index in [1.165, 1.54) is 16.2 Å². The standard InChI is InChI=1S/C23H19Cl2N3O2S2/c1-2-30-23(29)20-16-5-3-4-6-19(16)32-22(20)27-11-13(10-26)21-28-18(12-31-21)15-8-7-14(24)9-17(15)25/h7-9,11-12,27H,2-6H2,1H3. The first-order valence-corrected chi connectivity index (χ1v) is 12.6. The molecule has 0 fully saturated rings. The molecule has 0 radical (unpaired) electrons. The fourth-order valence-electron chi connectivity index (χ4n) is 3.58. The average Bonchev–Trinajstić information content (AvgIpc) is 3.39. The maximum absolute atomic E-state index is 12.6. The maximum Gasteiger partial charge on any atom is 0.341 e. The first-order valence-electron chi connectivity index (χ1n) is 10.1. The van der Waals surface area contributed by atoms with Crippen LogP contribution < -0.4 is 5.32 Å². The molecule has 0 saturated heterocycles. The molecular weight excluding hydrogens is 485 g/mol. The molecular formula is C23H19Cl2N3O2S2. The molecule has 1 N–H and O–H groups in total. The lowest BCUT2D eigenvalue weighted by molar-refractivity contribution is 0.0526. The number of nitrogens with zero attached hydrogens (tertiary/aromatic N) is 2. The van der Waals surface area contributed by atoms with E-state index in [0.29, 0.717) is 43.5 Å². The van der Waals surface area contributed by atoms with Crippen LogP contribution in [0.25, 0.3) is 16.8 Å². The number of aromatic nitrogens is 1. The summed E-state index contributed by atoms with van der Waals surface area (Å²) in [6, 6.07) is 7.41. The number of ether oxygens (including phenoxy) is 1. The molecule has 9 heteroatoms. The quantitative estimate of drug-likeness (QED) is 0.284. The van der Waals surface area contributed by atoms with Crippen LogP contribution in [0.1, 0.15) is 45.6 Å². The van der Waals surface area contributed by atoms with Crippen LogP contribution in [0.15, 0.2) is 29.8 Å². The van der Waals surface area contributed by atoms with Gasteiger partial charge in [-0.3, -0.25) is 0 Å². The van der Waals surface area contributed by atoms with E-state index in [0.717, 1.165) is 36.8 Å². The molecule has 32 heavy (non-hydrogen) atoms. The van der Waals surface area contributed by atoms with Gasteiger partial charge in [0.05, 0.1) is 22.9 Å². The number of thiazole rings is 1. The van der Waals surface area contributed by atoms with E-state index in [4.69, 9.17) is 27.9 Å². The fourth-order valence-corrected chi connectivity index (χ4v) is 6.12. The molecule has 5 nitrogen and oxygen atoms in total. The van der Waals surface area contributed by atoms with Crippen molar-refractivity contribution < 1.29 is 9.53 Å². The summed E-state index contributed by atoms with van der Waals surface area (Å²) in [5.41, 5.74) is 3.45. The highest BCUT2D eigenvalue weighted by atomic mass is 35.5. The van der Waals surface area contributed by atoms with Crippen LogP contribution in [0.5, 0.6) is 0 Å². The van der Waals surface area contributed by atoms with Crippen LogP contribution in [0, 0.1) is 11.3 Å². The summed E-state index contributed by atoms with van der Waals surface area (Å²) in [7, 11) is 0. The number of nitrogens with one attached hydrogen (secondary N) is 1. The van der Waals surface area contributed by atoms with E-state index >= 15 is 0 Å². The number of benzene rings is 1. The summed E-state index contributed by atoms with van der Waals surface area (Å²) >= 11 is 15.2. The van der Waals surface area contributed by atoms with Crippen molar-refractivity contribution in [2.45, 2.75) is 32.6 Å². The van der Waals surface area contributed by atoms with Crippen LogP contribution in [0.4, 0.5) is 5.00 Å². The summed E-state index contributed by atoms with van der Waals surface area (Å²) in [4.78, 5) is 18.4. The second-order valence-corrected chi connectivity index (χ2v) is 9.92. The largest absolute Gasteiger partial charge is 0.462 e. The normalized spacial score (nSPS) is 13.4. The Morgan fingerprint density at radius 1 is 1.34 bits per heavy atom. The third-order valence-electron chi connectivity index (χ3n) is 5.06. The SMILES string of the molecule is CCOC(=O)c1c(NC=C(C#N)c2nc(-c3ccc(Cl)cc3Cl)cs2)sc2c1CCCC2. The average molecular weight is 504 g/mol. The third-order valence-corrected chi connectivity index (χ3v) is 7.71. The molecule has 0 atom stereocenters. The summed E-state index contributed by atoms with van der Waals surface area (Å²) < 4.78 is 5.29. The molecule has 0 spiro atoms. The van der Waals surface area contributed by atoms with Crippen molar-refractivity contribution in [3.05, 3.63) is 60.8 Å². The second-order valence-electron chi connectivity index (χ2n) is 7.11. The Balaban J connectivity index is 1.63. The number of hydrogen-bond acceptors (Lipinski definition) is 7. The van der Waals surface area contributed by atoms with Crippen molar-refractivity contribution in [3.63, 3.8) is 0 Å². The minimum atomic E-state index is -0.324. The van der Waals surface area contributed by atoms with Crippen molar-refractivity contribution >= 4 is 62.4 Å². The van der Waals surface area contributed by atoms with Crippen molar-refractivity contribution in [2.24, 2.45) is 0 Å². The lowest BCUT2D eigenvalue weighted by atomic mass is 9.95. The Kier molecular flexibility index (Phi) is 7.17. The minimum Gasteiger partial charge on any atom is -0.462 e. The summed E-state index contributed by atoms with van der Waals surface area (Å²) in [6.45, 7) is 2.11. The van der Waals surface area contributed by atoms with Crippen molar-refractivity contribution in [1.29, 1.82) is 5.26 Å². The van der Waals surface area contributed by atoms with Crippen LogP contribution in [0.2, 0.25) is 10.0 Å². The Hall–Kier alpha value is -2.37. The second kappa shape index (κ2) is 10.1. The van der Waals surface area contributed by atoms with Gasteiger partial charge in [0.1, 0.15) is 21.7 Å². The molecule has 1 aromatic carbocycles. The number of aryl methyl sites for hydroxylation is 1. The molecule has 4 rings (SSSR count). The zero-order valence-corrected chi connectivity index (χ0v) is 20.4. The molecule has 2 aromatic heterocycles. The molecule has 0 saturated carbocycles. The molecule has 164 valence electrons. The van der Waals surface area contributed by atoms with Gasteiger partial charge in [-0.15, -0.1) is 22.7 Å². The number of carbonyl (C=O) groups excluding carboxylic acids is 1. The Morgan fingerprint density at radius 2 is 2.16 bits per heavy atom. The van der Waals surface area contributed by atoms with Gasteiger partial charge in [-0.1, -0.05) is 23.2 Å². The summed E-state index contributed by atoms with van der Waals surface area (Å²) in [6.07, 6.45) is 5.61. The summed E-state index contributed by atoms with van der Waals surface area (Å²) in [5.74, 6) is -0.324. The molecule has 2 heterocycles. The monoisotopic (exact) mass is 503 g/mol. The number of thiophene rings is 1. The maximum atomic E-state index is 12.6.